The van der Waals surface area contributed by atoms with Crippen molar-refractivity contribution in [1.29, 1.82) is 0 Å². The van der Waals surface area contributed by atoms with E-state index in [1.807, 2.05) is 6.07 Å². The molecule has 0 amide bonds. The van der Waals surface area contributed by atoms with Crippen LogP contribution in [-0.2, 0) is 0 Å². The summed E-state index contributed by atoms with van der Waals surface area (Å²) in [6, 6.07) is 6.96. The second kappa shape index (κ2) is 11.8. The van der Waals surface area contributed by atoms with Crippen molar-refractivity contribution in [3.05, 3.63) is 69.6 Å². The third-order valence-corrected chi connectivity index (χ3v) is 6.10. The number of anilines is 1. The number of pyridine rings is 1. The summed E-state index contributed by atoms with van der Waals surface area (Å²) in [5, 5.41) is 4.69. The molecule has 1 heterocycles. The molecule has 0 aliphatic carbocycles. The summed E-state index contributed by atoms with van der Waals surface area (Å²) in [7, 11) is 0. The van der Waals surface area contributed by atoms with Gasteiger partial charge in [-0.15, -0.1) is 0 Å². The van der Waals surface area contributed by atoms with Crippen molar-refractivity contribution in [1.82, 2.24) is 9.88 Å². The smallest absolute Gasteiger partial charge is 0.200 e. The van der Waals surface area contributed by atoms with Gasteiger partial charge < -0.3 is 10.2 Å². The minimum Gasteiger partial charge on any atom is -0.382 e. The van der Waals surface area contributed by atoms with Crippen LogP contribution in [0.4, 0.5) is 27.6 Å². The molecule has 2 aromatic carbocycles. The van der Waals surface area contributed by atoms with Gasteiger partial charge in [0, 0.05) is 22.1 Å². The molecule has 0 aliphatic rings. The summed E-state index contributed by atoms with van der Waals surface area (Å²) in [6.07, 6.45) is 3.93. The first kappa shape index (κ1) is 26.9. The summed E-state index contributed by atoms with van der Waals surface area (Å²) in [5.74, 6) is -9.99. The molecule has 1 N–H and O–H groups in total. The molecule has 0 radical (unpaired) electrons. The molecule has 3 nitrogen and oxygen atoms in total. The van der Waals surface area contributed by atoms with Crippen molar-refractivity contribution in [3.63, 3.8) is 0 Å². The molecule has 0 saturated heterocycles. The highest BCUT2D eigenvalue weighted by Gasteiger charge is 2.24. The van der Waals surface area contributed by atoms with Crippen molar-refractivity contribution >= 4 is 40.3 Å². The fourth-order valence-electron chi connectivity index (χ4n) is 3.86. The van der Waals surface area contributed by atoms with Gasteiger partial charge in [0.15, 0.2) is 23.3 Å². The van der Waals surface area contributed by atoms with Crippen molar-refractivity contribution in [3.8, 4) is 0 Å². The number of aromatic nitrogens is 1. The molecule has 0 spiro atoms. The van der Waals surface area contributed by atoms with Crippen LogP contribution in [0.2, 0.25) is 5.02 Å². The lowest BCUT2D eigenvalue weighted by molar-refractivity contribution is 0.295. The molecule has 3 aromatic rings. The molecule has 0 fully saturated rings. The van der Waals surface area contributed by atoms with Gasteiger partial charge in [-0.1, -0.05) is 25.4 Å². The van der Waals surface area contributed by atoms with Crippen LogP contribution in [0.5, 0.6) is 0 Å². The molecule has 1 unspecified atom stereocenters. The number of hydrogen-bond acceptors (Lipinski definition) is 3. The van der Waals surface area contributed by atoms with Crippen LogP contribution < -0.4 is 5.32 Å². The fourth-order valence-corrected chi connectivity index (χ4v) is 4.03. The number of halogens is 6. The van der Waals surface area contributed by atoms with Gasteiger partial charge in [0.05, 0.1) is 16.8 Å². The van der Waals surface area contributed by atoms with Crippen LogP contribution in [0.1, 0.15) is 44.9 Å². The van der Waals surface area contributed by atoms with Crippen molar-refractivity contribution in [2.45, 2.75) is 39.7 Å². The Hall–Kier alpha value is -2.71. The Morgan fingerprint density at radius 2 is 1.57 bits per heavy atom. The highest BCUT2D eigenvalue weighted by molar-refractivity contribution is 6.31. The minimum absolute atomic E-state index is 0.110. The third kappa shape index (κ3) is 6.30. The van der Waals surface area contributed by atoms with Crippen molar-refractivity contribution < 1.29 is 22.0 Å². The van der Waals surface area contributed by atoms with Crippen LogP contribution in [0.15, 0.2) is 24.3 Å². The van der Waals surface area contributed by atoms with Gasteiger partial charge in [-0.3, -0.25) is 0 Å². The number of nitrogens with zero attached hydrogens (tertiary/aromatic N) is 2. The molecular formula is C26H27ClF5N3. The van der Waals surface area contributed by atoms with Gasteiger partial charge in [0.2, 0.25) is 5.82 Å². The van der Waals surface area contributed by atoms with E-state index in [0.29, 0.717) is 10.5 Å². The lowest BCUT2D eigenvalue weighted by Crippen LogP contribution is -2.25. The van der Waals surface area contributed by atoms with Crippen LogP contribution in [0.25, 0.3) is 23.1 Å². The van der Waals surface area contributed by atoms with E-state index in [4.69, 9.17) is 11.6 Å². The first-order chi connectivity index (χ1) is 16.7. The Balaban J connectivity index is 1.91. The summed E-state index contributed by atoms with van der Waals surface area (Å²) >= 11 is 6.12. The normalized spacial score (nSPS) is 12.7. The highest BCUT2D eigenvalue weighted by Crippen LogP contribution is 2.29. The Morgan fingerprint density at radius 3 is 2.20 bits per heavy atom. The molecule has 0 aliphatic heterocycles. The van der Waals surface area contributed by atoms with Gasteiger partial charge >= 0.3 is 0 Å². The minimum atomic E-state index is -2.20. The van der Waals surface area contributed by atoms with E-state index in [-0.39, 0.29) is 11.7 Å². The zero-order valence-electron chi connectivity index (χ0n) is 19.7. The molecule has 1 aromatic heterocycles. The number of rotatable bonds is 10. The maximum Gasteiger partial charge on any atom is 0.200 e. The van der Waals surface area contributed by atoms with Crippen LogP contribution in [-0.4, -0.2) is 35.6 Å². The zero-order chi connectivity index (χ0) is 25.7. The fraction of sp³-hybridized carbons (Fsp3) is 0.346. The predicted octanol–water partition coefficient (Wildman–Crippen LogP) is 7.68. The van der Waals surface area contributed by atoms with Gasteiger partial charge in [0.25, 0.3) is 0 Å². The van der Waals surface area contributed by atoms with E-state index in [1.54, 1.807) is 18.2 Å². The quantitative estimate of drug-likeness (QED) is 0.172. The Kier molecular flexibility index (Phi) is 9.08. The van der Waals surface area contributed by atoms with Gasteiger partial charge in [-0.25, -0.2) is 26.9 Å². The third-order valence-electron chi connectivity index (χ3n) is 5.86. The molecule has 0 bridgehead atoms. The Morgan fingerprint density at radius 1 is 0.943 bits per heavy atom. The van der Waals surface area contributed by atoms with Crippen LogP contribution in [0.3, 0.4) is 0 Å². The van der Waals surface area contributed by atoms with E-state index in [2.05, 4.69) is 36.0 Å². The first-order valence-electron chi connectivity index (χ1n) is 11.4. The predicted molar refractivity (Wildman–Crippen MR) is 132 cm³/mol. The van der Waals surface area contributed by atoms with Crippen LogP contribution in [0, 0.1) is 29.1 Å². The van der Waals surface area contributed by atoms with Gasteiger partial charge in [0.1, 0.15) is 0 Å². The average Bonchev–Trinajstić information content (AvgIpc) is 2.84. The lowest BCUT2D eigenvalue weighted by atomic mass is 10.1. The molecule has 35 heavy (non-hydrogen) atoms. The Bertz CT molecular complexity index is 1200. The average molecular weight is 512 g/mol. The summed E-state index contributed by atoms with van der Waals surface area (Å²) in [4.78, 5) is 6.77. The standard InChI is InChI=1S/C26H27ClF5N3/c1-4-35(5-2)12-6-7-15(3)33-21-14-17(34-20-13-16(27)8-10-18(20)21)9-11-19-22(28)24(30)26(32)25(31)23(19)29/h8-11,13-15H,4-7,12H2,1-3H3,(H,33,34). The van der Waals surface area contributed by atoms with E-state index >= 15 is 0 Å². The molecule has 1 atom stereocenters. The van der Waals surface area contributed by atoms with E-state index in [0.717, 1.165) is 49.6 Å². The number of fused-ring (bicyclic) bond motifs is 1. The molecule has 3 rings (SSSR count). The highest BCUT2D eigenvalue weighted by atomic mass is 35.5. The number of nitrogens with one attached hydrogen (secondary N) is 1. The number of hydrogen-bond donors (Lipinski definition) is 1. The monoisotopic (exact) mass is 511 g/mol. The molecule has 0 saturated carbocycles. The Labute approximate surface area is 206 Å². The molecule has 9 heteroatoms. The van der Waals surface area contributed by atoms with Gasteiger partial charge in [-0.2, -0.15) is 0 Å². The second-order valence-electron chi connectivity index (χ2n) is 8.29. The van der Waals surface area contributed by atoms with E-state index < -0.39 is 34.6 Å². The van der Waals surface area contributed by atoms with Gasteiger partial charge in [-0.05, 0) is 75.8 Å². The molecule has 188 valence electrons. The first-order valence-corrected chi connectivity index (χ1v) is 11.8. The van der Waals surface area contributed by atoms with E-state index in [1.165, 1.54) is 6.08 Å². The summed E-state index contributed by atoms with van der Waals surface area (Å²) in [5.41, 5.74) is 0.476. The largest absolute Gasteiger partial charge is 0.382 e. The van der Waals surface area contributed by atoms with Crippen molar-refractivity contribution in [2.75, 3.05) is 25.0 Å². The maximum atomic E-state index is 14.1. The summed E-state index contributed by atoms with van der Waals surface area (Å²) in [6.45, 7) is 9.28. The lowest BCUT2D eigenvalue weighted by Gasteiger charge is -2.21. The topological polar surface area (TPSA) is 28.2 Å². The maximum absolute atomic E-state index is 14.1. The number of benzene rings is 2. The zero-order valence-corrected chi connectivity index (χ0v) is 20.5. The molecular weight excluding hydrogens is 485 g/mol. The van der Waals surface area contributed by atoms with E-state index in [9.17, 15) is 22.0 Å². The van der Waals surface area contributed by atoms with Crippen molar-refractivity contribution in [2.24, 2.45) is 0 Å². The summed E-state index contributed by atoms with van der Waals surface area (Å²) < 4.78 is 68.6. The SMILES string of the molecule is CCN(CC)CCCC(C)Nc1cc(C=Cc2c(F)c(F)c(F)c(F)c2F)nc2cc(Cl)ccc12. The van der Waals surface area contributed by atoms with Crippen LogP contribution >= 0.6 is 11.6 Å². The second-order valence-corrected chi connectivity index (χ2v) is 8.72.